The molecule has 4 rings (SSSR count). The second-order valence-electron chi connectivity index (χ2n) is 6.22. The van der Waals surface area contributed by atoms with Gasteiger partial charge in [0, 0.05) is 18.1 Å². The Bertz CT molecular complexity index is 936. The molecule has 1 aliphatic heterocycles. The van der Waals surface area contributed by atoms with Crippen molar-refractivity contribution in [3.8, 4) is 5.75 Å². The van der Waals surface area contributed by atoms with Crippen LogP contribution >= 0.6 is 11.3 Å². The van der Waals surface area contributed by atoms with Crippen LogP contribution in [-0.2, 0) is 6.61 Å². The number of fused-ring (bicyclic) bond motifs is 1. The van der Waals surface area contributed by atoms with Gasteiger partial charge in [-0.05, 0) is 36.8 Å². The number of rotatable bonds is 4. The summed E-state index contributed by atoms with van der Waals surface area (Å²) in [6.07, 6.45) is -0.201. The minimum Gasteiger partial charge on any atom is -0.487 e. The first kappa shape index (κ1) is 16.6. The van der Waals surface area contributed by atoms with Crippen molar-refractivity contribution < 1.29 is 9.53 Å². The third-order valence-electron chi connectivity index (χ3n) is 4.41. The van der Waals surface area contributed by atoms with E-state index in [4.69, 9.17) is 4.74 Å². The molecule has 0 saturated carbocycles. The molecule has 0 spiro atoms. The average Bonchev–Trinajstić information content (AvgIpc) is 3.09. The number of carbonyl (C=O) groups is 1. The minimum atomic E-state index is -0.201. The number of para-hydroxylation sites is 1. The number of hydrogen-bond donors (Lipinski definition) is 1. The molecule has 0 aliphatic carbocycles. The standard InChI is InChI=1S/C20H19N3O2S/c1-13-21-15(12-26-13)11-25-16-9-7-14(8-10-16)19-22-18-6-4-3-5-17(18)20(24)23(19)2/h3-10,12,19,22H,11H2,1-2H3. The van der Waals surface area contributed by atoms with Gasteiger partial charge in [0.05, 0.1) is 16.3 Å². The zero-order valence-corrected chi connectivity index (χ0v) is 15.4. The summed E-state index contributed by atoms with van der Waals surface area (Å²) in [5.74, 6) is 0.799. The van der Waals surface area contributed by atoms with Gasteiger partial charge in [-0.1, -0.05) is 24.3 Å². The molecule has 5 nitrogen and oxygen atoms in total. The summed E-state index contributed by atoms with van der Waals surface area (Å²) in [7, 11) is 1.81. The number of amides is 1. The summed E-state index contributed by atoms with van der Waals surface area (Å²) in [5.41, 5.74) is 3.50. The van der Waals surface area contributed by atoms with Gasteiger partial charge < -0.3 is 15.0 Å². The van der Waals surface area contributed by atoms with Gasteiger partial charge in [0.25, 0.3) is 5.91 Å². The zero-order valence-electron chi connectivity index (χ0n) is 14.6. The first-order chi connectivity index (χ1) is 12.6. The Morgan fingerprint density at radius 1 is 1.19 bits per heavy atom. The Morgan fingerprint density at radius 2 is 1.96 bits per heavy atom. The van der Waals surface area contributed by atoms with Crippen molar-refractivity contribution in [1.82, 2.24) is 9.88 Å². The van der Waals surface area contributed by atoms with E-state index in [9.17, 15) is 4.79 Å². The van der Waals surface area contributed by atoms with Crippen molar-refractivity contribution in [2.75, 3.05) is 12.4 Å². The number of aromatic nitrogens is 1. The van der Waals surface area contributed by atoms with Crippen molar-refractivity contribution in [2.45, 2.75) is 19.7 Å². The summed E-state index contributed by atoms with van der Waals surface area (Å²) in [4.78, 5) is 18.7. The number of aryl methyl sites for hydroxylation is 1. The van der Waals surface area contributed by atoms with Crippen molar-refractivity contribution in [1.29, 1.82) is 0 Å². The van der Waals surface area contributed by atoms with Gasteiger partial charge in [-0.2, -0.15) is 0 Å². The van der Waals surface area contributed by atoms with Gasteiger partial charge in [-0.25, -0.2) is 4.98 Å². The molecule has 6 heteroatoms. The molecule has 3 aromatic rings. The maximum absolute atomic E-state index is 12.6. The molecule has 2 heterocycles. The number of anilines is 1. The Morgan fingerprint density at radius 3 is 2.69 bits per heavy atom. The molecule has 2 aromatic carbocycles. The number of carbonyl (C=O) groups excluding carboxylic acids is 1. The number of nitrogens with one attached hydrogen (secondary N) is 1. The average molecular weight is 365 g/mol. The Hall–Kier alpha value is -2.86. The van der Waals surface area contributed by atoms with Crippen LogP contribution in [0.3, 0.4) is 0 Å². The van der Waals surface area contributed by atoms with Gasteiger partial charge in [0.2, 0.25) is 0 Å². The van der Waals surface area contributed by atoms with Crippen molar-refractivity contribution in [2.24, 2.45) is 0 Å². The van der Waals surface area contributed by atoms with Crippen LogP contribution in [-0.4, -0.2) is 22.8 Å². The minimum absolute atomic E-state index is 0.0172. The highest BCUT2D eigenvalue weighted by molar-refractivity contribution is 7.09. The lowest BCUT2D eigenvalue weighted by Crippen LogP contribution is -2.40. The van der Waals surface area contributed by atoms with Crippen molar-refractivity contribution >= 4 is 22.9 Å². The van der Waals surface area contributed by atoms with E-state index >= 15 is 0 Å². The summed E-state index contributed by atoms with van der Waals surface area (Å²) < 4.78 is 5.80. The zero-order chi connectivity index (χ0) is 18.1. The highest BCUT2D eigenvalue weighted by atomic mass is 32.1. The number of hydrogen-bond acceptors (Lipinski definition) is 5. The first-order valence-corrected chi connectivity index (χ1v) is 9.26. The van der Waals surface area contributed by atoms with Gasteiger partial charge in [-0.15, -0.1) is 11.3 Å². The lowest BCUT2D eigenvalue weighted by Gasteiger charge is -2.35. The van der Waals surface area contributed by atoms with Crippen LogP contribution in [0.5, 0.6) is 5.75 Å². The number of benzene rings is 2. The van der Waals surface area contributed by atoms with Crippen LogP contribution in [0.1, 0.15) is 32.8 Å². The number of ether oxygens (including phenoxy) is 1. The van der Waals surface area contributed by atoms with Crippen LogP contribution in [0.4, 0.5) is 5.69 Å². The molecule has 1 amide bonds. The molecule has 1 aliphatic rings. The van der Waals surface area contributed by atoms with E-state index in [0.29, 0.717) is 12.2 Å². The molecule has 0 bridgehead atoms. The van der Waals surface area contributed by atoms with Gasteiger partial charge in [0.15, 0.2) is 0 Å². The SMILES string of the molecule is Cc1nc(COc2ccc(C3Nc4ccccc4C(=O)N3C)cc2)cs1. The van der Waals surface area contributed by atoms with E-state index in [0.717, 1.165) is 27.7 Å². The summed E-state index contributed by atoms with van der Waals surface area (Å²) in [5, 5.41) is 6.47. The largest absolute Gasteiger partial charge is 0.487 e. The van der Waals surface area contributed by atoms with Crippen molar-refractivity contribution in [3.05, 3.63) is 75.7 Å². The maximum Gasteiger partial charge on any atom is 0.257 e. The number of thiazole rings is 1. The Labute approximate surface area is 156 Å². The van der Waals surface area contributed by atoms with Gasteiger partial charge in [-0.3, -0.25) is 4.79 Å². The molecule has 132 valence electrons. The van der Waals surface area contributed by atoms with Crippen LogP contribution < -0.4 is 10.1 Å². The van der Waals surface area contributed by atoms with E-state index in [2.05, 4.69) is 10.3 Å². The van der Waals surface area contributed by atoms with E-state index in [1.807, 2.05) is 67.9 Å². The lowest BCUT2D eigenvalue weighted by atomic mass is 10.0. The van der Waals surface area contributed by atoms with Crippen LogP contribution in [0, 0.1) is 6.92 Å². The van der Waals surface area contributed by atoms with Gasteiger partial charge in [0.1, 0.15) is 18.5 Å². The summed E-state index contributed by atoms with van der Waals surface area (Å²) >= 11 is 1.62. The third-order valence-corrected chi connectivity index (χ3v) is 5.23. The van der Waals surface area contributed by atoms with Crippen LogP contribution in [0.25, 0.3) is 0 Å². The Kier molecular flexibility index (Phi) is 4.34. The predicted molar refractivity (Wildman–Crippen MR) is 103 cm³/mol. The Balaban J connectivity index is 1.49. The molecule has 0 fully saturated rings. The highest BCUT2D eigenvalue weighted by Gasteiger charge is 2.29. The fourth-order valence-corrected chi connectivity index (χ4v) is 3.63. The molecule has 1 aromatic heterocycles. The fourth-order valence-electron chi connectivity index (χ4n) is 3.03. The van der Waals surface area contributed by atoms with E-state index < -0.39 is 0 Å². The molecular formula is C20H19N3O2S. The molecular weight excluding hydrogens is 346 g/mol. The highest BCUT2D eigenvalue weighted by Crippen LogP contribution is 2.32. The molecule has 0 radical (unpaired) electrons. The van der Waals surface area contributed by atoms with Crippen LogP contribution in [0.2, 0.25) is 0 Å². The van der Waals surface area contributed by atoms with E-state index in [1.165, 1.54) is 0 Å². The second-order valence-corrected chi connectivity index (χ2v) is 7.29. The van der Waals surface area contributed by atoms with E-state index in [-0.39, 0.29) is 12.1 Å². The third kappa shape index (κ3) is 3.15. The monoisotopic (exact) mass is 365 g/mol. The predicted octanol–water partition coefficient (Wildman–Crippen LogP) is 4.23. The second kappa shape index (κ2) is 6.80. The smallest absolute Gasteiger partial charge is 0.257 e. The normalized spacial score (nSPS) is 16.2. The topological polar surface area (TPSA) is 54.5 Å². The summed E-state index contributed by atoms with van der Waals surface area (Å²) in [6.45, 7) is 2.44. The molecule has 0 saturated heterocycles. The first-order valence-electron chi connectivity index (χ1n) is 8.38. The lowest BCUT2D eigenvalue weighted by molar-refractivity contribution is 0.0735. The quantitative estimate of drug-likeness (QED) is 0.752. The van der Waals surface area contributed by atoms with E-state index in [1.54, 1.807) is 16.2 Å². The maximum atomic E-state index is 12.6. The van der Waals surface area contributed by atoms with Gasteiger partial charge >= 0.3 is 0 Å². The fraction of sp³-hybridized carbons (Fsp3) is 0.200. The molecule has 1 atom stereocenters. The molecule has 1 unspecified atom stereocenters. The molecule has 1 N–H and O–H groups in total. The van der Waals surface area contributed by atoms with Crippen LogP contribution in [0.15, 0.2) is 53.9 Å². The summed E-state index contributed by atoms with van der Waals surface area (Å²) in [6, 6.07) is 15.4. The molecule has 26 heavy (non-hydrogen) atoms. The number of nitrogens with zero attached hydrogens (tertiary/aromatic N) is 2. The van der Waals surface area contributed by atoms with Crippen molar-refractivity contribution in [3.63, 3.8) is 0 Å².